The molecule has 1 aromatic heterocycles. The predicted octanol–water partition coefficient (Wildman–Crippen LogP) is 3.99. The molecular formula is C20H28N2O2. The van der Waals surface area contributed by atoms with Gasteiger partial charge in [-0.05, 0) is 31.9 Å². The van der Waals surface area contributed by atoms with Crippen molar-refractivity contribution in [2.24, 2.45) is 0 Å². The van der Waals surface area contributed by atoms with Crippen LogP contribution in [0.25, 0.3) is 11.0 Å². The fourth-order valence-corrected chi connectivity index (χ4v) is 3.51. The van der Waals surface area contributed by atoms with E-state index < -0.39 is 0 Å². The van der Waals surface area contributed by atoms with Gasteiger partial charge < -0.3 is 14.6 Å². The zero-order valence-electron chi connectivity index (χ0n) is 14.8. The van der Waals surface area contributed by atoms with Crippen LogP contribution >= 0.6 is 0 Å². The molecule has 0 aliphatic carbocycles. The monoisotopic (exact) mass is 328 g/mol. The Kier molecular flexibility index (Phi) is 5.56. The summed E-state index contributed by atoms with van der Waals surface area (Å²) in [6, 6.07) is 8.13. The maximum absolute atomic E-state index is 12.9. The number of likely N-dealkylation sites (tertiary alicyclic amines) is 1. The molecule has 0 radical (unpaired) electrons. The minimum atomic E-state index is 0.0287. The van der Waals surface area contributed by atoms with Crippen molar-refractivity contribution in [1.29, 1.82) is 0 Å². The summed E-state index contributed by atoms with van der Waals surface area (Å²) in [7, 11) is 0. The Balaban J connectivity index is 1.78. The lowest BCUT2D eigenvalue weighted by molar-refractivity contribution is 0.0912. The van der Waals surface area contributed by atoms with Crippen molar-refractivity contribution < 1.29 is 9.21 Å². The van der Waals surface area contributed by atoms with E-state index in [9.17, 15) is 4.79 Å². The number of carbonyl (C=O) groups excluding carboxylic acids is 1. The van der Waals surface area contributed by atoms with Crippen molar-refractivity contribution in [1.82, 2.24) is 10.2 Å². The summed E-state index contributed by atoms with van der Waals surface area (Å²) in [6.07, 6.45) is 5.00. The minimum Gasteiger partial charge on any atom is -0.460 e. The second-order valence-electron chi connectivity index (χ2n) is 6.68. The molecule has 1 saturated heterocycles. The van der Waals surface area contributed by atoms with Crippen LogP contribution in [0.2, 0.25) is 0 Å². The highest BCUT2D eigenvalue weighted by Crippen LogP contribution is 2.27. The van der Waals surface area contributed by atoms with Crippen LogP contribution in [0.3, 0.4) is 0 Å². The summed E-state index contributed by atoms with van der Waals surface area (Å²) in [5, 5.41) is 4.19. The van der Waals surface area contributed by atoms with E-state index in [0.29, 0.717) is 0 Å². The number of benzene rings is 1. The highest BCUT2D eigenvalue weighted by molar-refractivity contribution is 6.07. The second-order valence-corrected chi connectivity index (χ2v) is 6.68. The highest BCUT2D eigenvalue weighted by atomic mass is 16.3. The van der Waals surface area contributed by atoms with Gasteiger partial charge in [0.2, 0.25) is 0 Å². The molecule has 4 heteroatoms. The SMILES string of the molecule is CCCCc1oc2ccccc2c1C(=O)NC1CCN(CC)CC1. The number of fused-ring (bicyclic) bond motifs is 1. The first-order chi connectivity index (χ1) is 11.7. The number of amides is 1. The van der Waals surface area contributed by atoms with Crippen molar-refractivity contribution in [3.8, 4) is 0 Å². The van der Waals surface area contributed by atoms with Crippen molar-refractivity contribution in [3.05, 3.63) is 35.6 Å². The van der Waals surface area contributed by atoms with Gasteiger partial charge >= 0.3 is 0 Å². The van der Waals surface area contributed by atoms with Gasteiger partial charge in [0, 0.05) is 30.9 Å². The Morgan fingerprint density at radius 1 is 1.25 bits per heavy atom. The van der Waals surface area contributed by atoms with Crippen LogP contribution in [0.1, 0.15) is 55.6 Å². The van der Waals surface area contributed by atoms with Gasteiger partial charge in [-0.15, -0.1) is 0 Å². The molecule has 3 rings (SSSR count). The molecule has 0 spiro atoms. The largest absolute Gasteiger partial charge is 0.460 e. The van der Waals surface area contributed by atoms with Crippen LogP contribution in [-0.2, 0) is 6.42 Å². The average molecular weight is 328 g/mol. The molecule has 1 aliphatic heterocycles. The molecule has 2 aromatic rings. The topological polar surface area (TPSA) is 45.5 Å². The van der Waals surface area contributed by atoms with Gasteiger partial charge in [-0.25, -0.2) is 0 Å². The maximum atomic E-state index is 12.9. The number of nitrogens with one attached hydrogen (secondary N) is 1. The van der Waals surface area contributed by atoms with Crippen LogP contribution in [0.15, 0.2) is 28.7 Å². The molecule has 24 heavy (non-hydrogen) atoms. The average Bonchev–Trinajstić information content (AvgIpc) is 2.99. The number of furan rings is 1. The summed E-state index contributed by atoms with van der Waals surface area (Å²) < 4.78 is 5.98. The number of carbonyl (C=O) groups is 1. The molecule has 130 valence electrons. The third-order valence-electron chi connectivity index (χ3n) is 5.02. The van der Waals surface area contributed by atoms with Crippen molar-refractivity contribution in [2.45, 2.75) is 52.0 Å². The third-order valence-corrected chi connectivity index (χ3v) is 5.02. The number of aryl methyl sites for hydroxylation is 1. The molecule has 0 saturated carbocycles. The molecule has 1 N–H and O–H groups in total. The molecular weight excluding hydrogens is 300 g/mol. The molecule has 0 bridgehead atoms. The minimum absolute atomic E-state index is 0.0287. The van der Waals surface area contributed by atoms with Gasteiger partial charge in [0.15, 0.2) is 0 Å². The van der Waals surface area contributed by atoms with E-state index in [4.69, 9.17) is 4.42 Å². The van der Waals surface area contributed by atoms with Crippen molar-refractivity contribution >= 4 is 16.9 Å². The normalized spacial score (nSPS) is 16.6. The van der Waals surface area contributed by atoms with Crippen molar-refractivity contribution in [3.63, 3.8) is 0 Å². The van der Waals surface area contributed by atoms with E-state index in [1.807, 2.05) is 24.3 Å². The van der Waals surface area contributed by atoms with Crippen LogP contribution in [0.4, 0.5) is 0 Å². The Morgan fingerprint density at radius 2 is 2.00 bits per heavy atom. The molecule has 2 heterocycles. The Morgan fingerprint density at radius 3 is 2.71 bits per heavy atom. The van der Waals surface area contributed by atoms with Gasteiger partial charge in [-0.1, -0.05) is 38.5 Å². The fourth-order valence-electron chi connectivity index (χ4n) is 3.51. The number of unbranched alkanes of at least 4 members (excludes halogenated alkanes) is 1. The first kappa shape index (κ1) is 17.0. The Labute approximate surface area is 144 Å². The van der Waals surface area contributed by atoms with Gasteiger partial charge in [0.25, 0.3) is 5.91 Å². The van der Waals surface area contributed by atoms with Crippen LogP contribution in [-0.4, -0.2) is 36.5 Å². The predicted molar refractivity (Wildman–Crippen MR) is 97.4 cm³/mol. The molecule has 4 nitrogen and oxygen atoms in total. The summed E-state index contributed by atoms with van der Waals surface area (Å²) in [5.74, 6) is 0.863. The number of para-hydroxylation sites is 1. The number of hydrogen-bond donors (Lipinski definition) is 1. The number of hydrogen-bond acceptors (Lipinski definition) is 3. The third kappa shape index (κ3) is 3.64. The highest BCUT2D eigenvalue weighted by Gasteiger charge is 2.24. The summed E-state index contributed by atoms with van der Waals surface area (Å²) in [5.41, 5.74) is 1.56. The number of piperidine rings is 1. The van der Waals surface area contributed by atoms with E-state index in [1.165, 1.54) is 0 Å². The smallest absolute Gasteiger partial charge is 0.255 e. The lowest BCUT2D eigenvalue weighted by atomic mass is 10.0. The van der Waals surface area contributed by atoms with E-state index >= 15 is 0 Å². The molecule has 1 aliphatic rings. The summed E-state index contributed by atoms with van der Waals surface area (Å²) in [6.45, 7) is 7.57. The number of nitrogens with zero attached hydrogens (tertiary/aromatic N) is 1. The molecule has 1 fully saturated rings. The molecule has 0 unspecified atom stereocenters. The standard InChI is InChI=1S/C20H28N2O2/c1-3-5-9-18-19(16-8-6-7-10-17(16)24-18)20(23)21-15-11-13-22(4-2)14-12-15/h6-8,10,15H,3-5,9,11-14H2,1-2H3,(H,21,23). The van der Waals surface area contributed by atoms with E-state index in [1.54, 1.807) is 0 Å². The second kappa shape index (κ2) is 7.84. The molecule has 1 aromatic carbocycles. The summed E-state index contributed by atoms with van der Waals surface area (Å²) in [4.78, 5) is 15.4. The lowest BCUT2D eigenvalue weighted by Crippen LogP contribution is -2.44. The van der Waals surface area contributed by atoms with Gasteiger partial charge in [0.1, 0.15) is 11.3 Å². The zero-order chi connectivity index (χ0) is 16.9. The Bertz CT molecular complexity index is 684. The maximum Gasteiger partial charge on any atom is 0.255 e. The molecule has 1 amide bonds. The van der Waals surface area contributed by atoms with Crippen LogP contribution < -0.4 is 5.32 Å². The van der Waals surface area contributed by atoms with Crippen molar-refractivity contribution in [2.75, 3.05) is 19.6 Å². The van der Waals surface area contributed by atoms with Crippen LogP contribution in [0, 0.1) is 0 Å². The fraction of sp³-hybridized carbons (Fsp3) is 0.550. The first-order valence-electron chi connectivity index (χ1n) is 9.26. The van der Waals surface area contributed by atoms with E-state index in [-0.39, 0.29) is 11.9 Å². The lowest BCUT2D eigenvalue weighted by Gasteiger charge is -2.31. The zero-order valence-corrected chi connectivity index (χ0v) is 14.8. The van der Waals surface area contributed by atoms with Gasteiger partial charge in [-0.3, -0.25) is 4.79 Å². The van der Waals surface area contributed by atoms with E-state index in [2.05, 4.69) is 24.1 Å². The van der Waals surface area contributed by atoms with Crippen LogP contribution in [0.5, 0.6) is 0 Å². The van der Waals surface area contributed by atoms with E-state index in [0.717, 1.165) is 74.0 Å². The van der Waals surface area contributed by atoms with Gasteiger partial charge in [-0.2, -0.15) is 0 Å². The molecule has 0 atom stereocenters. The summed E-state index contributed by atoms with van der Waals surface area (Å²) >= 11 is 0. The first-order valence-corrected chi connectivity index (χ1v) is 9.26. The Hall–Kier alpha value is -1.81. The van der Waals surface area contributed by atoms with Gasteiger partial charge in [0.05, 0.1) is 5.56 Å². The quantitative estimate of drug-likeness (QED) is 0.872. The number of rotatable bonds is 6.